The monoisotopic (exact) mass is 301 g/mol. The van der Waals surface area contributed by atoms with Crippen LogP contribution >= 0.6 is 11.8 Å². The van der Waals surface area contributed by atoms with E-state index in [2.05, 4.69) is 5.32 Å². The molecule has 4 heteroatoms. The molecule has 0 radical (unpaired) electrons. The van der Waals surface area contributed by atoms with E-state index < -0.39 is 0 Å². The van der Waals surface area contributed by atoms with Crippen molar-refractivity contribution in [3.8, 4) is 5.75 Å². The van der Waals surface area contributed by atoms with E-state index in [-0.39, 0.29) is 5.91 Å². The zero-order valence-corrected chi connectivity index (χ0v) is 13.1. The van der Waals surface area contributed by atoms with E-state index in [4.69, 9.17) is 4.74 Å². The van der Waals surface area contributed by atoms with Gasteiger partial charge >= 0.3 is 0 Å². The van der Waals surface area contributed by atoms with Crippen molar-refractivity contribution in [1.29, 1.82) is 0 Å². The Labute approximate surface area is 129 Å². The van der Waals surface area contributed by atoms with Crippen LogP contribution in [0.15, 0.2) is 53.4 Å². The average molecular weight is 301 g/mol. The van der Waals surface area contributed by atoms with Crippen molar-refractivity contribution in [3.05, 3.63) is 59.7 Å². The lowest BCUT2D eigenvalue weighted by atomic mass is 10.1. The maximum atomic E-state index is 11.9. The quantitative estimate of drug-likeness (QED) is 0.831. The molecule has 0 aliphatic heterocycles. The predicted molar refractivity (Wildman–Crippen MR) is 86.7 cm³/mol. The van der Waals surface area contributed by atoms with Gasteiger partial charge in [-0.2, -0.15) is 0 Å². The van der Waals surface area contributed by atoms with Crippen LogP contribution in [0.25, 0.3) is 0 Å². The van der Waals surface area contributed by atoms with E-state index in [1.165, 1.54) is 17.3 Å². The number of hydrogen-bond donors (Lipinski definition) is 1. The summed E-state index contributed by atoms with van der Waals surface area (Å²) < 4.78 is 5.10. The van der Waals surface area contributed by atoms with Crippen molar-refractivity contribution in [2.75, 3.05) is 12.9 Å². The lowest BCUT2D eigenvalue weighted by molar-refractivity contribution is -0.118. The first-order valence-corrected chi connectivity index (χ1v) is 7.75. The first-order valence-electron chi connectivity index (χ1n) is 6.77. The Morgan fingerprint density at radius 2 is 1.86 bits per heavy atom. The molecule has 2 rings (SSSR count). The Morgan fingerprint density at radius 1 is 1.14 bits per heavy atom. The van der Waals surface area contributed by atoms with E-state index in [0.717, 1.165) is 16.2 Å². The minimum absolute atomic E-state index is 0.0408. The second kappa shape index (κ2) is 7.74. The number of hydrogen-bond acceptors (Lipinski definition) is 3. The maximum Gasteiger partial charge on any atom is 0.230 e. The highest BCUT2D eigenvalue weighted by atomic mass is 32.2. The van der Waals surface area contributed by atoms with E-state index in [1.807, 2.05) is 55.5 Å². The summed E-state index contributed by atoms with van der Waals surface area (Å²) in [6, 6.07) is 15.8. The van der Waals surface area contributed by atoms with Gasteiger partial charge in [0.15, 0.2) is 0 Å². The molecular weight excluding hydrogens is 282 g/mol. The molecule has 1 amide bonds. The van der Waals surface area contributed by atoms with Gasteiger partial charge in [0, 0.05) is 11.4 Å². The topological polar surface area (TPSA) is 38.3 Å². The molecule has 3 nitrogen and oxygen atoms in total. The summed E-state index contributed by atoms with van der Waals surface area (Å²) in [6.07, 6.45) is 0. The number of benzene rings is 2. The second-order valence-corrected chi connectivity index (χ2v) is 5.72. The average Bonchev–Trinajstić information content (AvgIpc) is 2.52. The molecule has 0 aromatic heterocycles. The number of rotatable bonds is 6. The highest BCUT2D eigenvalue weighted by Crippen LogP contribution is 2.20. The Bertz CT molecular complexity index is 596. The Kier molecular flexibility index (Phi) is 5.69. The third kappa shape index (κ3) is 4.83. The number of nitrogens with one attached hydrogen (secondary N) is 1. The van der Waals surface area contributed by atoms with Crippen LogP contribution < -0.4 is 10.1 Å². The minimum atomic E-state index is 0.0408. The molecule has 21 heavy (non-hydrogen) atoms. The zero-order valence-electron chi connectivity index (χ0n) is 12.3. The van der Waals surface area contributed by atoms with Gasteiger partial charge in [-0.25, -0.2) is 0 Å². The number of carbonyl (C=O) groups is 1. The van der Waals surface area contributed by atoms with E-state index in [0.29, 0.717) is 12.3 Å². The third-order valence-electron chi connectivity index (χ3n) is 3.17. The van der Waals surface area contributed by atoms with Gasteiger partial charge in [-0.15, -0.1) is 11.8 Å². The first kappa shape index (κ1) is 15.4. The second-order valence-electron chi connectivity index (χ2n) is 4.67. The standard InChI is InChI=1S/C17H19NO2S/c1-13-5-3-4-6-14(13)11-18-17(19)12-21-16-9-7-15(20-2)8-10-16/h3-10H,11-12H2,1-2H3,(H,18,19). The molecule has 110 valence electrons. The molecule has 0 unspecified atom stereocenters. The maximum absolute atomic E-state index is 11.9. The zero-order chi connectivity index (χ0) is 15.1. The Balaban J connectivity index is 1.78. The molecule has 0 bridgehead atoms. The largest absolute Gasteiger partial charge is 0.497 e. The summed E-state index contributed by atoms with van der Waals surface area (Å²) in [7, 11) is 1.64. The molecule has 1 N–H and O–H groups in total. The molecule has 0 saturated carbocycles. The third-order valence-corrected chi connectivity index (χ3v) is 4.18. The predicted octanol–water partition coefficient (Wildman–Crippen LogP) is 3.41. The van der Waals surface area contributed by atoms with Crippen molar-refractivity contribution in [2.45, 2.75) is 18.4 Å². The van der Waals surface area contributed by atoms with Crippen molar-refractivity contribution < 1.29 is 9.53 Å². The lowest BCUT2D eigenvalue weighted by Crippen LogP contribution is -2.24. The summed E-state index contributed by atoms with van der Waals surface area (Å²) in [5.74, 6) is 1.28. The van der Waals surface area contributed by atoms with Gasteiger partial charge < -0.3 is 10.1 Å². The number of carbonyl (C=O) groups excluding carboxylic acids is 1. The molecular formula is C17H19NO2S. The summed E-state index contributed by atoms with van der Waals surface area (Å²) >= 11 is 1.52. The van der Waals surface area contributed by atoms with Crippen molar-refractivity contribution in [2.24, 2.45) is 0 Å². The van der Waals surface area contributed by atoms with Gasteiger partial charge in [-0.1, -0.05) is 24.3 Å². The van der Waals surface area contributed by atoms with Crippen molar-refractivity contribution in [3.63, 3.8) is 0 Å². The van der Waals surface area contributed by atoms with Crippen molar-refractivity contribution >= 4 is 17.7 Å². The number of methoxy groups -OCH3 is 1. The molecule has 0 aliphatic carbocycles. The fourth-order valence-electron chi connectivity index (χ4n) is 1.87. The normalized spacial score (nSPS) is 10.2. The number of ether oxygens (including phenoxy) is 1. The van der Waals surface area contributed by atoms with Crippen LogP contribution in [0.2, 0.25) is 0 Å². The molecule has 0 heterocycles. The van der Waals surface area contributed by atoms with Crippen LogP contribution in [0.3, 0.4) is 0 Å². The van der Waals surface area contributed by atoms with Gasteiger partial charge in [0.25, 0.3) is 0 Å². The fraction of sp³-hybridized carbons (Fsp3) is 0.235. The van der Waals surface area contributed by atoms with E-state index >= 15 is 0 Å². The van der Waals surface area contributed by atoms with Gasteiger partial charge in [0.05, 0.1) is 12.9 Å². The van der Waals surface area contributed by atoms with Crippen LogP contribution in [0.5, 0.6) is 5.75 Å². The summed E-state index contributed by atoms with van der Waals surface area (Å²) in [5, 5.41) is 2.95. The molecule has 0 aliphatic rings. The fourth-order valence-corrected chi connectivity index (χ4v) is 2.60. The number of amides is 1. The highest BCUT2D eigenvalue weighted by molar-refractivity contribution is 8.00. The molecule has 0 spiro atoms. The molecule has 0 atom stereocenters. The summed E-state index contributed by atoms with van der Waals surface area (Å²) in [4.78, 5) is 12.9. The lowest BCUT2D eigenvalue weighted by Gasteiger charge is -2.08. The van der Waals surface area contributed by atoms with Crippen LogP contribution in [0, 0.1) is 6.92 Å². The Morgan fingerprint density at radius 3 is 2.52 bits per heavy atom. The van der Waals surface area contributed by atoms with Crippen LogP contribution in [0.1, 0.15) is 11.1 Å². The highest BCUT2D eigenvalue weighted by Gasteiger charge is 2.04. The smallest absolute Gasteiger partial charge is 0.230 e. The number of thioether (sulfide) groups is 1. The minimum Gasteiger partial charge on any atom is -0.497 e. The van der Waals surface area contributed by atoms with Gasteiger partial charge in [0.1, 0.15) is 5.75 Å². The van der Waals surface area contributed by atoms with Crippen LogP contribution in [-0.4, -0.2) is 18.8 Å². The van der Waals surface area contributed by atoms with Crippen molar-refractivity contribution in [1.82, 2.24) is 5.32 Å². The molecule has 0 saturated heterocycles. The van der Waals surface area contributed by atoms with Crippen LogP contribution in [-0.2, 0) is 11.3 Å². The number of aryl methyl sites for hydroxylation is 1. The molecule has 0 fully saturated rings. The SMILES string of the molecule is COc1ccc(SCC(=O)NCc2ccccc2C)cc1. The molecule has 2 aromatic rings. The van der Waals surface area contributed by atoms with Gasteiger partial charge in [0.2, 0.25) is 5.91 Å². The molecule has 2 aromatic carbocycles. The van der Waals surface area contributed by atoms with Gasteiger partial charge in [-0.3, -0.25) is 4.79 Å². The van der Waals surface area contributed by atoms with E-state index in [9.17, 15) is 4.79 Å². The first-order chi connectivity index (χ1) is 10.2. The van der Waals surface area contributed by atoms with E-state index in [1.54, 1.807) is 7.11 Å². The van der Waals surface area contributed by atoms with Crippen LogP contribution in [0.4, 0.5) is 0 Å². The summed E-state index contributed by atoms with van der Waals surface area (Å²) in [5.41, 5.74) is 2.35. The Hall–Kier alpha value is -1.94. The van der Waals surface area contributed by atoms with Gasteiger partial charge in [-0.05, 0) is 42.3 Å². The summed E-state index contributed by atoms with van der Waals surface area (Å²) in [6.45, 7) is 2.63.